The van der Waals surface area contributed by atoms with Gasteiger partial charge in [0.05, 0.1) is 6.10 Å². The lowest BCUT2D eigenvalue weighted by Crippen LogP contribution is -2.64. The topological polar surface area (TPSA) is 442 Å². The average Bonchev–Trinajstić information content (AvgIpc) is 1.79. The molecule has 16 atom stereocenters. The molecule has 0 unspecified atom stereocenters. The molecule has 13 amide bonds. The predicted octanol–water partition coefficient (Wildman–Crippen LogP) is 1.84. The van der Waals surface area contributed by atoms with Gasteiger partial charge < -0.3 is 84.3 Å². The monoisotopic (exact) mass is 1480 g/mol. The average molecular weight is 1480 g/mol. The van der Waals surface area contributed by atoms with E-state index in [1.165, 1.54) is 31.7 Å². The number of hydrogen-bond donors (Lipinski definition) is 14. The SMILES string of the molecule is C/C=C1\NC(=O)[C@H](Cc2ccccc2)NC(=O)[C@H](C(C)C)NC(=O)[C@@H]([C@@H](C)CC)NC(=O)[C@H](NC(=O)[C@H](NC(=O)[C@H](CCCN)NC(=O)[C@H]2CCCN2C(=O)[C@H](NC(=O)[C@@H](NC(=O)[C@@H](NC(=O)[C@H](NC(=O)CCCC(C)C)C(C)C)[C@@H](C)O)C(C)C)C(C)C)[C@@H](C)CC)[C@H](C)OC(=O)[C@H](C(C)C)NC1=O. The standard InChI is InChI=1S/C75H124N14O16/c1-20-44(16)59(71(100)88-62-47(19)105-75(104)58(43(14)15)84-63(92)49(22-3)77-65(94)51(37-48-30-24-23-25-31-48)79-67(96)55(40(8)9)81-70(99)60(45(17)21-2)86-73(62)102)85-64(93)50(32-27-35-76)78-66(95)52-33-28-36-89(52)74(103)57(42(12)13)83-69(98)56(41(10)11)82-72(101)61(46(18)90)87-68(97)54(39(6)7)80-53(91)34-26-29-38(4)5/h22-25,30-31,38-47,50-52,54-62,90H,20-21,26-29,32-37,76H2,1-19H3,(H,77,94)(H,78,95)(H,79,96)(H,80,91)(H,81,99)(H,82,101)(H,83,98)(H,84,92)(H,85,93)(H,86,102)(H,87,97)(H,88,100)/b49-22-/t44-,45-,46+,47-,50-,51-,52+,54+,55-,56-,57+,58-,59+,60+,61-,62+/m0/s1. The van der Waals surface area contributed by atoms with Gasteiger partial charge in [-0.1, -0.05) is 166 Å². The van der Waals surface area contributed by atoms with Crippen LogP contribution in [0.4, 0.5) is 0 Å². The molecule has 0 saturated carbocycles. The Kier molecular flexibility index (Phi) is 37.8. The van der Waals surface area contributed by atoms with Crippen molar-refractivity contribution in [1.29, 1.82) is 0 Å². The Balaban J connectivity index is 2.00. The molecule has 2 aliphatic heterocycles. The van der Waals surface area contributed by atoms with Gasteiger partial charge in [0.2, 0.25) is 70.9 Å². The fraction of sp³-hybridized carbons (Fsp3) is 0.707. The molecular formula is C75H124N14O16. The first kappa shape index (κ1) is 90.7. The Morgan fingerprint density at radius 1 is 0.610 bits per heavy atom. The minimum Gasteiger partial charge on any atom is -0.458 e. The van der Waals surface area contributed by atoms with Crippen molar-refractivity contribution in [3.63, 3.8) is 0 Å². The van der Waals surface area contributed by atoms with Gasteiger partial charge in [0.15, 0.2) is 0 Å². The maximum atomic E-state index is 15.0. The van der Waals surface area contributed by atoms with Gasteiger partial charge >= 0.3 is 5.97 Å². The normalized spacial score (nSPS) is 22.6. The molecule has 2 aliphatic rings. The minimum absolute atomic E-state index is 0.0355. The Hall–Kier alpha value is -8.54. The van der Waals surface area contributed by atoms with Crippen molar-refractivity contribution in [2.24, 2.45) is 53.1 Å². The maximum absolute atomic E-state index is 15.0. The van der Waals surface area contributed by atoms with Gasteiger partial charge in [0, 0.05) is 19.4 Å². The number of nitrogens with one attached hydrogen (secondary N) is 12. The van der Waals surface area contributed by atoms with Gasteiger partial charge in [-0.05, 0) is 112 Å². The predicted molar refractivity (Wildman–Crippen MR) is 395 cm³/mol. The number of nitrogens with zero attached hydrogens (tertiary/aromatic N) is 1. The van der Waals surface area contributed by atoms with Crippen LogP contribution in [0.1, 0.15) is 195 Å². The molecule has 105 heavy (non-hydrogen) atoms. The summed E-state index contributed by atoms with van der Waals surface area (Å²) in [5.74, 6) is -15.1. The van der Waals surface area contributed by atoms with Crippen molar-refractivity contribution in [3.8, 4) is 0 Å². The third-order valence-electron chi connectivity index (χ3n) is 19.3. The molecule has 2 fully saturated rings. The zero-order chi connectivity index (χ0) is 79.4. The van der Waals surface area contributed by atoms with Crippen LogP contribution < -0.4 is 69.5 Å². The fourth-order valence-corrected chi connectivity index (χ4v) is 12.1. The highest BCUT2D eigenvalue weighted by molar-refractivity contribution is 6.03. The van der Waals surface area contributed by atoms with Gasteiger partial charge in [-0.3, -0.25) is 62.3 Å². The Labute approximate surface area is 620 Å². The van der Waals surface area contributed by atoms with Crippen LogP contribution in [-0.4, -0.2) is 191 Å². The molecule has 3 rings (SSSR count). The first-order chi connectivity index (χ1) is 49.2. The number of esters is 1. The molecule has 15 N–H and O–H groups in total. The van der Waals surface area contributed by atoms with Crippen LogP contribution in [0.2, 0.25) is 0 Å². The van der Waals surface area contributed by atoms with Gasteiger partial charge in [-0.15, -0.1) is 0 Å². The third-order valence-corrected chi connectivity index (χ3v) is 19.3. The fourth-order valence-electron chi connectivity index (χ4n) is 12.1. The molecule has 2 heterocycles. The summed E-state index contributed by atoms with van der Waals surface area (Å²) in [4.78, 5) is 202. The number of aliphatic hydroxyl groups excluding tert-OH is 1. The molecule has 1 aromatic rings. The van der Waals surface area contributed by atoms with Crippen LogP contribution in [0.3, 0.4) is 0 Å². The Bertz CT molecular complexity index is 3160. The van der Waals surface area contributed by atoms with E-state index < -0.39 is 203 Å². The van der Waals surface area contributed by atoms with Crippen LogP contribution in [0.5, 0.6) is 0 Å². The third kappa shape index (κ3) is 27.7. The molecule has 0 bridgehead atoms. The summed E-state index contributed by atoms with van der Waals surface area (Å²) in [5.41, 5.74) is 6.34. The number of benzene rings is 1. The van der Waals surface area contributed by atoms with Crippen molar-refractivity contribution < 1.29 is 77.0 Å². The van der Waals surface area contributed by atoms with Crippen molar-refractivity contribution in [2.75, 3.05) is 13.1 Å². The lowest BCUT2D eigenvalue weighted by molar-refractivity contribution is -0.157. The van der Waals surface area contributed by atoms with E-state index >= 15 is 9.59 Å². The van der Waals surface area contributed by atoms with Gasteiger partial charge in [-0.25, -0.2) is 4.79 Å². The van der Waals surface area contributed by atoms with Crippen LogP contribution in [0, 0.1) is 47.3 Å². The quantitative estimate of drug-likeness (QED) is 0.0353. The summed E-state index contributed by atoms with van der Waals surface area (Å²) in [5, 5.41) is 43.2. The largest absolute Gasteiger partial charge is 0.458 e. The lowest BCUT2D eigenvalue weighted by Gasteiger charge is -2.33. The molecule has 30 heteroatoms. The summed E-state index contributed by atoms with van der Waals surface area (Å²) in [7, 11) is 0. The smallest absolute Gasteiger partial charge is 0.329 e. The zero-order valence-electron chi connectivity index (χ0n) is 65.2. The second kappa shape index (κ2) is 43.8. The Morgan fingerprint density at radius 3 is 1.69 bits per heavy atom. The van der Waals surface area contributed by atoms with Crippen LogP contribution in [0.25, 0.3) is 0 Å². The molecule has 0 radical (unpaired) electrons. The number of carbonyl (C=O) groups excluding carboxylic acids is 14. The van der Waals surface area contributed by atoms with Crippen LogP contribution in [0.15, 0.2) is 42.1 Å². The second-order valence-electron chi connectivity index (χ2n) is 30.2. The first-order valence-corrected chi connectivity index (χ1v) is 37.5. The number of likely N-dealkylation sites (tertiary alicyclic amines) is 1. The van der Waals surface area contributed by atoms with Crippen molar-refractivity contribution in [1.82, 2.24) is 68.7 Å². The van der Waals surface area contributed by atoms with E-state index in [1.54, 1.807) is 127 Å². The minimum atomic E-state index is -1.83. The maximum Gasteiger partial charge on any atom is 0.329 e. The summed E-state index contributed by atoms with van der Waals surface area (Å²) in [6.45, 7) is 31.8. The number of carbonyl (C=O) groups is 14. The highest BCUT2D eigenvalue weighted by Crippen LogP contribution is 2.23. The van der Waals surface area contributed by atoms with Gasteiger partial charge in [0.1, 0.15) is 84.3 Å². The number of aliphatic hydroxyl groups is 1. The summed E-state index contributed by atoms with van der Waals surface area (Å²) >= 11 is 0. The summed E-state index contributed by atoms with van der Waals surface area (Å²) in [6.07, 6.45) is 1.02. The highest BCUT2D eigenvalue weighted by atomic mass is 16.5. The van der Waals surface area contributed by atoms with E-state index in [1.807, 2.05) is 13.8 Å². The zero-order valence-corrected chi connectivity index (χ0v) is 65.2. The van der Waals surface area contributed by atoms with E-state index in [9.17, 15) is 62.6 Å². The number of allylic oxidation sites excluding steroid dienone is 1. The number of cyclic esters (lactones) is 1. The van der Waals surface area contributed by atoms with Crippen molar-refractivity contribution in [3.05, 3.63) is 47.7 Å². The van der Waals surface area contributed by atoms with Crippen LogP contribution >= 0.6 is 0 Å². The van der Waals surface area contributed by atoms with E-state index in [2.05, 4.69) is 63.8 Å². The first-order valence-electron chi connectivity index (χ1n) is 37.5. The molecule has 30 nitrogen and oxygen atoms in total. The van der Waals surface area contributed by atoms with E-state index in [0.29, 0.717) is 30.7 Å². The molecule has 2 saturated heterocycles. The van der Waals surface area contributed by atoms with Crippen molar-refractivity contribution >= 4 is 82.8 Å². The van der Waals surface area contributed by atoms with E-state index in [4.69, 9.17) is 10.5 Å². The summed E-state index contributed by atoms with van der Waals surface area (Å²) < 4.78 is 5.96. The molecule has 0 spiro atoms. The summed E-state index contributed by atoms with van der Waals surface area (Å²) in [6, 6.07) is -7.67. The lowest BCUT2D eigenvalue weighted by atomic mass is 9.95. The van der Waals surface area contributed by atoms with Gasteiger partial charge in [-0.2, -0.15) is 0 Å². The number of amides is 13. The van der Waals surface area contributed by atoms with E-state index in [0.717, 1.165) is 6.42 Å². The number of ether oxygens (including phenoxy) is 1. The molecule has 590 valence electrons. The second-order valence-corrected chi connectivity index (χ2v) is 30.2. The molecule has 1 aromatic carbocycles. The highest BCUT2D eigenvalue weighted by Gasteiger charge is 2.44. The Morgan fingerprint density at radius 2 is 1.15 bits per heavy atom. The number of hydrogen-bond acceptors (Lipinski definition) is 17. The number of nitrogens with two attached hydrogens (primary N) is 1. The van der Waals surface area contributed by atoms with E-state index in [-0.39, 0.29) is 63.2 Å². The number of rotatable bonds is 33. The molecular weight excluding hydrogens is 1350 g/mol. The van der Waals surface area contributed by atoms with Crippen molar-refractivity contribution in [2.45, 2.75) is 280 Å². The molecule has 0 aromatic heterocycles. The molecule has 0 aliphatic carbocycles. The van der Waals surface area contributed by atoms with Crippen LogP contribution in [-0.2, 0) is 78.3 Å². The van der Waals surface area contributed by atoms with Gasteiger partial charge in [0.25, 0.3) is 5.91 Å².